The van der Waals surface area contributed by atoms with E-state index in [4.69, 9.17) is 9.47 Å². The van der Waals surface area contributed by atoms with Crippen LogP contribution in [0.4, 0.5) is 0 Å². The topological polar surface area (TPSA) is 48.4 Å². The van der Waals surface area contributed by atoms with Crippen molar-refractivity contribution >= 4 is 18.0 Å². The number of nitrogens with zero attached hydrogens (tertiary/aromatic N) is 1. The van der Waals surface area contributed by atoms with E-state index in [1.807, 2.05) is 31.2 Å². The van der Waals surface area contributed by atoms with Crippen LogP contribution in [0, 0.1) is 6.92 Å². The van der Waals surface area contributed by atoms with E-state index in [-0.39, 0.29) is 0 Å². The molecular formula is C16H15NO3S. The second-order valence-electron chi connectivity index (χ2n) is 4.77. The first-order chi connectivity index (χ1) is 10.3. The summed E-state index contributed by atoms with van der Waals surface area (Å²) in [5.74, 6) is 1.57. The molecule has 2 heterocycles. The summed E-state index contributed by atoms with van der Waals surface area (Å²) in [7, 11) is 0. The Bertz CT molecular complexity index is 673. The van der Waals surface area contributed by atoms with Gasteiger partial charge in [-0.25, -0.2) is 4.98 Å². The van der Waals surface area contributed by atoms with Gasteiger partial charge in [-0.2, -0.15) is 0 Å². The number of aryl methyl sites for hydroxylation is 1. The molecule has 0 atom stereocenters. The summed E-state index contributed by atoms with van der Waals surface area (Å²) < 4.78 is 11.3. The van der Waals surface area contributed by atoms with Crippen LogP contribution in [0.15, 0.2) is 40.4 Å². The molecular weight excluding hydrogens is 286 g/mol. The number of carbonyl (C=O) groups is 1. The minimum Gasteiger partial charge on any atom is -0.490 e. The van der Waals surface area contributed by atoms with Gasteiger partial charge in [-0.15, -0.1) is 0 Å². The Hall–Kier alpha value is -2.01. The summed E-state index contributed by atoms with van der Waals surface area (Å²) in [4.78, 5) is 16.1. The normalized spacial score (nSPS) is 13.6. The van der Waals surface area contributed by atoms with Gasteiger partial charge >= 0.3 is 0 Å². The van der Waals surface area contributed by atoms with Crippen molar-refractivity contribution in [3.05, 3.63) is 41.6 Å². The van der Waals surface area contributed by atoms with Gasteiger partial charge in [0.1, 0.15) is 5.03 Å². The van der Waals surface area contributed by atoms with Gasteiger partial charge in [-0.1, -0.05) is 11.8 Å². The molecule has 0 fully saturated rings. The van der Waals surface area contributed by atoms with Crippen molar-refractivity contribution in [2.24, 2.45) is 0 Å². The van der Waals surface area contributed by atoms with Crippen LogP contribution in [-0.2, 0) is 0 Å². The lowest BCUT2D eigenvalue weighted by Gasteiger charge is -2.10. The fourth-order valence-electron chi connectivity index (χ4n) is 2.07. The van der Waals surface area contributed by atoms with Gasteiger partial charge < -0.3 is 9.47 Å². The third kappa shape index (κ3) is 3.19. The molecule has 0 N–H and O–H groups in total. The monoisotopic (exact) mass is 301 g/mol. The average molecular weight is 301 g/mol. The zero-order chi connectivity index (χ0) is 14.7. The van der Waals surface area contributed by atoms with Gasteiger partial charge in [-0.05, 0) is 36.8 Å². The Labute approximate surface area is 127 Å². The van der Waals surface area contributed by atoms with E-state index in [2.05, 4.69) is 4.98 Å². The van der Waals surface area contributed by atoms with Crippen molar-refractivity contribution in [3.63, 3.8) is 0 Å². The molecule has 0 radical (unpaired) electrons. The molecule has 21 heavy (non-hydrogen) atoms. The van der Waals surface area contributed by atoms with Crippen molar-refractivity contribution in [1.29, 1.82) is 0 Å². The van der Waals surface area contributed by atoms with Gasteiger partial charge in [0, 0.05) is 23.1 Å². The van der Waals surface area contributed by atoms with Crippen LogP contribution in [0.1, 0.15) is 22.3 Å². The van der Waals surface area contributed by atoms with Gasteiger partial charge in [0.15, 0.2) is 17.8 Å². The first-order valence-electron chi connectivity index (χ1n) is 6.75. The maximum Gasteiger partial charge on any atom is 0.162 e. The summed E-state index contributed by atoms with van der Waals surface area (Å²) >= 11 is 1.55. The highest BCUT2D eigenvalue weighted by Crippen LogP contribution is 2.36. The molecule has 1 aromatic carbocycles. The van der Waals surface area contributed by atoms with Gasteiger partial charge in [0.05, 0.1) is 13.2 Å². The zero-order valence-electron chi connectivity index (χ0n) is 11.7. The molecule has 1 aliphatic rings. The smallest absolute Gasteiger partial charge is 0.162 e. The standard InChI is InChI=1S/C16H15NO3S/c1-11-7-12(10-18)9-17-16(11)21-13-3-4-14-15(8-13)20-6-2-5-19-14/h3-4,7-10H,2,5-6H2,1H3. The molecule has 0 aliphatic carbocycles. The summed E-state index contributed by atoms with van der Waals surface area (Å²) in [5, 5.41) is 0.884. The summed E-state index contributed by atoms with van der Waals surface area (Å²) in [6, 6.07) is 7.73. The highest BCUT2D eigenvalue weighted by atomic mass is 32.2. The van der Waals surface area contributed by atoms with E-state index >= 15 is 0 Å². The molecule has 0 saturated carbocycles. The van der Waals surface area contributed by atoms with Crippen molar-refractivity contribution in [1.82, 2.24) is 4.98 Å². The number of aromatic nitrogens is 1. The number of pyridine rings is 1. The highest BCUT2D eigenvalue weighted by molar-refractivity contribution is 7.99. The molecule has 0 amide bonds. The maximum atomic E-state index is 10.7. The number of rotatable bonds is 3. The molecule has 108 valence electrons. The predicted octanol–water partition coefficient (Wildman–Crippen LogP) is 3.52. The molecule has 1 aromatic heterocycles. The predicted molar refractivity (Wildman–Crippen MR) is 80.5 cm³/mol. The lowest BCUT2D eigenvalue weighted by molar-refractivity contribution is 0.112. The van der Waals surface area contributed by atoms with Crippen LogP contribution >= 0.6 is 11.8 Å². The molecule has 0 bridgehead atoms. The molecule has 5 heteroatoms. The Morgan fingerprint density at radius 3 is 2.76 bits per heavy atom. The first-order valence-corrected chi connectivity index (χ1v) is 7.57. The third-order valence-corrected chi connectivity index (χ3v) is 4.23. The molecule has 0 saturated heterocycles. The van der Waals surface area contributed by atoms with E-state index in [0.29, 0.717) is 18.8 Å². The number of ether oxygens (including phenoxy) is 2. The van der Waals surface area contributed by atoms with Crippen molar-refractivity contribution in [3.8, 4) is 11.5 Å². The minimum absolute atomic E-state index is 0.593. The number of carbonyl (C=O) groups excluding carboxylic acids is 1. The van der Waals surface area contributed by atoms with Crippen LogP contribution in [0.2, 0.25) is 0 Å². The van der Waals surface area contributed by atoms with Crippen molar-refractivity contribution in [2.75, 3.05) is 13.2 Å². The minimum atomic E-state index is 0.593. The van der Waals surface area contributed by atoms with E-state index in [1.54, 1.807) is 18.0 Å². The molecule has 3 rings (SSSR count). The summed E-state index contributed by atoms with van der Waals surface area (Å²) in [6.45, 7) is 3.31. The van der Waals surface area contributed by atoms with Gasteiger partial charge in [0.2, 0.25) is 0 Å². The largest absolute Gasteiger partial charge is 0.490 e. The molecule has 0 unspecified atom stereocenters. The van der Waals surface area contributed by atoms with Crippen LogP contribution in [-0.4, -0.2) is 24.5 Å². The zero-order valence-corrected chi connectivity index (χ0v) is 12.5. The third-order valence-electron chi connectivity index (χ3n) is 3.12. The van der Waals surface area contributed by atoms with E-state index < -0.39 is 0 Å². The SMILES string of the molecule is Cc1cc(C=O)cnc1Sc1ccc2c(c1)OCCCO2. The van der Waals surface area contributed by atoms with Gasteiger partial charge in [-0.3, -0.25) is 4.79 Å². The van der Waals surface area contributed by atoms with Gasteiger partial charge in [0.25, 0.3) is 0 Å². The number of aldehydes is 1. The van der Waals surface area contributed by atoms with E-state index in [9.17, 15) is 4.79 Å². The Balaban J connectivity index is 1.85. The van der Waals surface area contributed by atoms with Crippen molar-refractivity contribution < 1.29 is 14.3 Å². The molecule has 0 spiro atoms. The highest BCUT2D eigenvalue weighted by Gasteiger charge is 2.12. The Kier molecular flexibility index (Phi) is 4.10. The number of hydrogen-bond acceptors (Lipinski definition) is 5. The van der Waals surface area contributed by atoms with E-state index in [0.717, 1.165) is 39.7 Å². The fraction of sp³-hybridized carbons (Fsp3) is 0.250. The molecule has 2 aromatic rings. The van der Waals surface area contributed by atoms with Crippen LogP contribution in [0.25, 0.3) is 0 Å². The summed E-state index contributed by atoms with van der Waals surface area (Å²) in [6.07, 6.45) is 3.29. The molecule has 4 nitrogen and oxygen atoms in total. The van der Waals surface area contributed by atoms with Crippen LogP contribution in [0.5, 0.6) is 11.5 Å². The van der Waals surface area contributed by atoms with Crippen LogP contribution < -0.4 is 9.47 Å². The summed E-state index contributed by atoms with van der Waals surface area (Å²) in [5.41, 5.74) is 1.58. The lowest BCUT2D eigenvalue weighted by atomic mass is 10.2. The second-order valence-corrected chi connectivity index (χ2v) is 5.83. The van der Waals surface area contributed by atoms with E-state index in [1.165, 1.54) is 0 Å². The Morgan fingerprint density at radius 1 is 1.19 bits per heavy atom. The Morgan fingerprint density at radius 2 is 2.00 bits per heavy atom. The quantitative estimate of drug-likeness (QED) is 0.812. The number of benzene rings is 1. The first kappa shape index (κ1) is 13.9. The van der Waals surface area contributed by atoms with Crippen molar-refractivity contribution in [2.45, 2.75) is 23.3 Å². The van der Waals surface area contributed by atoms with Crippen LogP contribution in [0.3, 0.4) is 0 Å². The molecule has 1 aliphatic heterocycles. The number of fused-ring (bicyclic) bond motifs is 1. The fourth-order valence-corrected chi connectivity index (χ4v) is 2.92. The number of hydrogen-bond donors (Lipinski definition) is 0. The average Bonchev–Trinajstić information content (AvgIpc) is 2.74. The maximum absolute atomic E-state index is 10.7. The lowest BCUT2D eigenvalue weighted by Crippen LogP contribution is -1.97. The second kappa shape index (κ2) is 6.18.